The van der Waals surface area contributed by atoms with Gasteiger partial charge in [-0.3, -0.25) is 0 Å². The van der Waals surface area contributed by atoms with Gasteiger partial charge in [-0.15, -0.1) is 0 Å². The van der Waals surface area contributed by atoms with E-state index in [0.29, 0.717) is 25.0 Å². The fourth-order valence-corrected chi connectivity index (χ4v) is 0.880. The number of rotatable bonds is 8. The van der Waals surface area contributed by atoms with Crippen LogP contribution in [0.25, 0.3) is 0 Å². The molecule has 1 unspecified atom stereocenters. The van der Waals surface area contributed by atoms with E-state index in [-0.39, 0.29) is 0 Å². The molecule has 0 radical (unpaired) electrons. The molecule has 0 aromatic heterocycles. The summed E-state index contributed by atoms with van der Waals surface area (Å²) < 4.78 is 10.8. The molecule has 0 aliphatic carbocycles. The Bertz CT molecular complexity index is 107. The largest absolute Gasteiger partial charge is 0.379 e. The zero-order chi connectivity index (χ0) is 10.1. The summed E-state index contributed by atoms with van der Waals surface area (Å²) in [4.78, 5) is 0. The third-order valence-corrected chi connectivity index (χ3v) is 2.16. The lowest BCUT2D eigenvalue weighted by atomic mass is 10.2. The molecule has 0 N–H and O–H groups in total. The molecule has 1 atom stereocenters. The summed E-state index contributed by atoms with van der Waals surface area (Å²) in [6, 6.07) is 0. The molecule has 2 nitrogen and oxygen atoms in total. The lowest BCUT2D eigenvalue weighted by molar-refractivity contribution is 0.0297. The molecule has 0 aliphatic heterocycles. The van der Waals surface area contributed by atoms with E-state index >= 15 is 0 Å². The number of hydrogen-bond donors (Lipinski definition) is 1. The van der Waals surface area contributed by atoms with Crippen LogP contribution in [0.2, 0.25) is 0 Å². The first kappa shape index (κ1) is 13.3. The van der Waals surface area contributed by atoms with Crippen molar-refractivity contribution >= 4 is 12.6 Å². The Kier molecular flexibility index (Phi) is 9.03. The van der Waals surface area contributed by atoms with E-state index in [1.54, 1.807) is 0 Å². The third-order valence-electron chi connectivity index (χ3n) is 1.54. The highest BCUT2D eigenvalue weighted by molar-refractivity contribution is 7.80. The van der Waals surface area contributed by atoms with Crippen LogP contribution in [0.5, 0.6) is 0 Å². The molecular formula is C10H22O2S. The first-order valence-electron chi connectivity index (χ1n) is 4.93. The van der Waals surface area contributed by atoms with Gasteiger partial charge in [0.15, 0.2) is 0 Å². The summed E-state index contributed by atoms with van der Waals surface area (Å²) in [5.41, 5.74) is 0. The van der Waals surface area contributed by atoms with Crippen molar-refractivity contribution in [2.75, 3.05) is 32.2 Å². The van der Waals surface area contributed by atoms with Crippen molar-refractivity contribution in [2.45, 2.75) is 20.8 Å². The maximum atomic E-state index is 5.39. The standard InChI is InChI=1S/C10H22O2S/c1-9(2)6-11-4-5-12-7-10(3)8-13/h9-10,13H,4-8H2,1-3H3. The Balaban J connectivity index is 2.99. The van der Waals surface area contributed by atoms with Gasteiger partial charge in [0.25, 0.3) is 0 Å². The van der Waals surface area contributed by atoms with Crippen LogP contribution in [0.1, 0.15) is 20.8 Å². The van der Waals surface area contributed by atoms with Gasteiger partial charge in [-0.25, -0.2) is 0 Å². The molecule has 0 saturated carbocycles. The van der Waals surface area contributed by atoms with Crippen molar-refractivity contribution in [2.24, 2.45) is 11.8 Å². The lowest BCUT2D eigenvalue weighted by Crippen LogP contribution is -2.12. The average Bonchev–Trinajstić information content (AvgIpc) is 2.10. The Labute approximate surface area is 87.4 Å². The molecule has 0 aromatic rings. The van der Waals surface area contributed by atoms with Crippen LogP contribution >= 0.6 is 12.6 Å². The molecule has 3 heteroatoms. The Morgan fingerprint density at radius 3 is 2.00 bits per heavy atom. The zero-order valence-corrected chi connectivity index (χ0v) is 9.85. The fraction of sp³-hybridized carbons (Fsp3) is 1.00. The summed E-state index contributed by atoms with van der Waals surface area (Å²) in [5.74, 6) is 2.03. The highest BCUT2D eigenvalue weighted by Gasteiger charge is 1.98. The Morgan fingerprint density at radius 1 is 1.00 bits per heavy atom. The van der Waals surface area contributed by atoms with Gasteiger partial charge in [-0.1, -0.05) is 20.8 Å². The van der Waals surface area contributed by atoms with Crippen molar-refractivity contribution in [3.05, 3.63) is 0 Å². The first-order valence-corrected chi connectivity index (χ1v) is 5.56. The van der Waals surface area contributed by atoms with Crippen LogP contribution in [0, 0.1) is 11.8 Å². The number of ether oxygens (including phenoxy) is 2. The number of hydrogen-bond acceptors (Lipinski definition) is 3. The van der Waals surface area contributed by atoms with E-state index in [4.69, 9.17) is 9.47 Å². The van der Waals surface area contributed by atoms with Crippen LogP contribution < -0.4 is 0 Å². The minimum absolute atomic E-state index is 0.536. The van der Waals surface area contributed by atoms with Gasteiger partial charge in [0.05, 0.1) is 19.8 Å². The van der Waals surface area contributed by atoms with Gasteiger partial charge in [-0.2, -0.15) is 12.6 Å². The zero-order valence-electron chi connectivity index (χ0n) is 8.95. The third kappa shape index (κ3) is 10.2. The second-order valence-electron chi connectivity index (χ2n) is 3.83. The first-order chi connectivity index (χ1) is 6.16. The van der Waals surface area contributed by atoms with Crippen LogP contribution in [0.3, 0.4) is 0 Å². The average molecular weight is 206 g/mol. The van der Waals surface area contributed by atoms with Crippen LogP contribution in [0.4, 0.5) is 0 Å². The molecule has 0 saturated heterocycles. The maximum Gasteiger partial charge on any atom is 0.0700 e. The van der Waals surface area contributed by atoms with Gasteiger partial charge in [-0.05, 0) is 17.6 Å². The van der Waals surface area contributed by atoms with Gasteiger partial charge in [0, 0.05) is 6.61 Å². The van der Waals surface area contributed by atoms with Gasteiger partial charge >= 0.3 is 0 Å². The minimum Gasteiger partial charge on any atom is -0.379 e. The molecule has 80 valence electrons. The SMILES string of the molecule is CC(C)COCCOCC(C)CS. The van der Waals surface area contributed by atoms with Crippen LogP contribution in [0.15, 0.2) is 0 Å². The quantitative estimate of drug-likeness (QED) is 0.485. The van der Waals surface area contributed by atoms with Crippen molar-refractivity contribution in [3.8, 4) is 0 Å². The van der Waals surface area contributed by atoms with E-state index in [9.17, 15) is 0 Å². The van der Waals surface area contributed by atoms with E-state index in [1.165, 1.54) is 0 Å². The number of thiol groups is 1. The summed E-state index contributed by atoms with van der Waals surface area (Å²) >= 11 is 4.17. The molecule has 0 amide bonds. The van der Waals surface area contributed by atoms with Crippen LogP contribution in [-0.2, 0) is 9.47 Å². The highest BCUT2D eigenvalue weighted by atomic mass is 32.1. The smallest absolute Gasteiger partial charge is 0.0700 e. The minimum atomic E-state index is 0.536. The molecule has 0 spiro atoms. The second kappa shape index (κ2) is 8.85. The molecule has 13 heavy (non-hydrogen) atoms. The molecule has 0 heterocycles. The molecule has 0 aromatic carbocycles. The van der Waals surface area contributed by atoms with Crippen molar-refractivity contribution < 1.29 is 9.47 Å². The molecule has 0 fully saturated rings. The van der Waals surface area contributed by atoms with Crippen molar-refractivity contribution in [1.82, 2.24) is 0 Å². The Morgan fingerprint density at radius 2 is 1.54 bits per heavy atom. The van der Waals surface area contributed by atoms with Crippen LogP contribution in [-0.4, -0.2) is 32.2 Å². The normalized spacial score (nSPS) is 13.6. The lowest BCUT2D eigenvalue weighted by Gasteiger charge is -2.10. The molecule has 0 aliphatic rings. The monoisotopic (exact) mass is 206 g/mol. The van der Waals surface area contributed by atoms with Crippen molar-refractivity contribution in [1.29, 1.82) is 0 Å². The van der Waals surface area contributed by atoms with E-state index < -0.39 is 0 Å². The Hall–Kier alpha value is 0.270. The molecular weight excluding hydrogens is 184 g/mol. The van der Waals surface area contributed by atoms with E-state index in [1.807, 2.05) is 0 Å². The predicted octanol–water partition coefficient (Wildman–Crippen LogP) is 2.24. The van der Waals surface area contributed by atoms with E-state index in [2.05, 4.69) is 33.4 Å². The summed E-state index contributed by atoms with van der Waals surface area (Å²) in [7, 11) is 0. The summed E-state index contributed by atoms with van der Waals surface area (Å²) in [6.07, 6.45) is 0. The summed E-state index contributed by atoms with van der Waals surface area (Å²) in [5, 5.41) is 0. The van der Waals surface area contributed by atoms with Gasteiger partial charge in [0.1, 0.15) is 0 Å². The molecule has 0 rings (SSSR count). The van der Waals surface area contributed by atoms with Crippen molar-refractivity contribution in [3.63, 3.8) is 0 Å². The predicted molar refractivity (Wildman–Crippen MR) is 59.5 cm³/mol. The maximum absolute atomic E-state index is 5.39. The summed E-state index contributed by atoms with van der Waals surface area (Å²) in [6.45, 7) is 9.43. The second-order valence-corrected chi connectivity index (χ2v) is 4.20. The van der Waals surface area contributed by atoms with E-state index in [0.717, 1.165) is 19.0 Å². The highest BCUT2D eigenvalue weighted by Crippen LogP contribution is 1.98. The fourth-order valence-electron chi connectivity index (χ4n) is 0.774. The van der Waals surface area contributed by atoms with Gasteiger partial charge < -0.3 is 9.47 Å². The molecule has 0 bridgehead atoms. The topological polar surface area (TPSA) is 18.5 Å². The van der Waals surface area contributed by atoms with Gasteiger partial charge in [0.2, 0.25) is 0 Å².